The van der Waals surface area contributed by atoms with Crippen molar-refractivity contribution in [2.24, 2.45) is 23.8 Å². The molecule has 0 saturated heterocycles. The number of aryl methyl sites for hydroxylation is 1. The van der Waals surface area contributed by atoms with Crippen LogP contribution in [0.5, 0.6) is 0 Å². The zero-order valence-electron chi connectivity index (χ0n) is 14.6. The molecule has 0 spiro atoms. The van der Waals surface area contributed by atoms with Crippen LogP contribution in [0.2, 0.25) is 0 Å². The van der Waals surface area contributed by atoms with E-state index < -0.39 is 0 Å². The van der Waals surface area contributed by atoms with Crippen LogP contribution in [0.15, 0.2) is 16.9 Å². The lowest BCUT2D eigenvalue weighted by Gasteiger charge is -2.39. The Balaban J connectivity index is 2.15. The summed E-state index contributed by atoms with van der Waals surface area (Å²) in [5.74, 6) is 0.583. The van der Waals surface area contributed by atoms with E-state index in [1.807, 2.05) is 19.1 Å². The number of hydrogen-bond acceptors (Lipinski definition) is 2. The molecule has 0 bridgehead atoms. The van der Waals surface area contributed by atoms with E-state index in [1.54, 1.807) is 11.6 Å². The molecule has 0 aliphatic heterocycles. The van der Waals surface area contributed by atoms with Gasteiger partial charge in [0.15, 0.2) is 0 Å². The van der Waals surface area contributed by atoms with E-state index in [0.717, 1.165) is 18.5 Å². The van der Waals surface area contributed by atoms with Gasteiger partial charge in [-0.3, -0.25) is 9.59 Å². The van der Waals surface area contributed by atoms with Gasteiger partial charge in [0.05, 0.1) is 5.41 Å². The van der Waals surface area contributed by atoms with Crippen LogP contribution >= 0.6 is 0 Å². The summed E-state index contributed by atoms with van der Waals surface area (Å²) in [4.78, 5) is 24.9. The van der Waals surface area contributed by atoms with E-state index in [4.69, 9.17) is 0 Å². The fourth-order valence-electron chi connectivity index (χ4n) is 3.42. The van der Waals surface area contributed by atoms with Gasteiger partial charge in [0.25, 0.3) is 5.56 Å². The third kappa shape index (κ3) is 2.49. The summed E-state index contributed by atoms with van der Waals surface area (Å²) in [7, 11) is 1.76. The van der Waals surface area contributed by atoms with E-state index in [1.165, 1.54) is 0 Å². The van der Waals surface area contributed by atoms with Crippen LogP contribution in [-0.2, 0) is 18.4 Å². The van der Waals surface area contributed by atoms with Crippen molar-refractivity contribution < 1.29 is 4.79 Å². The van der Waals surface area contributed by atoms with Crippen LogP contribution < -0.4 is 10.9 Å². The number of rotatable bonds is 3. The largest absolute Gasteiger partial charge is 0.351 e. The second kappa shape index (κ2) is 5.56. The molecule has 1 amide bonds. The molecule has 1 saturated carbocycles. The van der Waals surface area contributed by atoms with Gasteiger partial charge in [0.2, 0.25) is 5.91 Å². The molecular formula is C18H28N2O2. The van der Waals surface area contributed by atoms with Gasteiger partial charge in [-0.2, -0.15) is 0 Å². The Hall–Kier alpha value is -1.58. The number of nitrogens with one attached hydrogen (secondary N) is 1. The number of hydrogen-bond donors (Lipinski definition) is 1. The first-order valence-corrected chi connectivity index (χ1v) is 8.05. The highest BCUT2D eigenvalue weighted by Gasteiger charge is 2.53. The van der Waals surface area contributed by atoms with Gasteiger partial charge in [-0.1, -0.05) is 33.8 Å². The molecule has 1 fully saturated rings. The van der Waals surface area contributed by atoms with Crippen molar-refractivity contribution in [3.8, 4) is 0 Å². The molecule has 4 nitrogen and oxygen atoms in total. The molecule has 122 valence electrons. The maximum absolute atomic E-state index is 12.7. The second-order valence-corrected chi connectivity index (χ2v) is 7.54. The molecule has 1 aliphatic carbocycles. The van der Waals surface area contributed by atoms with Crippen LogP contribution in [0.25, 0.3) is 0 Å². The first-order valence-electron chi connectivity index (χ1n) is 8.05. The third-order valence-corrected chi connectivity index (χ3v) is 6.31. The van der Waals surface area contributed by atoms with E-state index in [-0.39, 0.29) is 22.3 Å². The average Bonchev–Trinajstić information content (AvgIpc) is 2.68. The molecule has 1 N–H and O–H groups in total. The Bertz CT molecular complexity index is 645. The lowest BCUT2D eigenvalue weighted by molar-refractivity contribution is -0.136. The molecule has 1 heterocycles. The van der Waals surface area contributed by atoms with Gasteiger partial charge < -0.3 is 9.88 Å². The molecule has 2 atom stereocenters. The van der Waals surface area contributed by atoms with E-state index >= 15 is 0 Å². The zero-order valence-corrected chi connectivity index (χ0v) is 14.6. The summed E-state index contributed by atoms with van der Waals surface area (Å²) in [5, 5.41) is 2.99. The van der Waals surface area contributed by atoms with Crippen molar-refractivity contribution in [2.75, 3.05) is 0 Å². The van der Waals surface area contributed by atoms with Gasteiger partial charge in [0, 0.05) is 24.8 Å². The first kappa shape index (κ1) is 16.8. The van der Waals surface area contributed by atoms with Crippen molar-refractivity contribution >= 4 is 5.91 Å². The highest BCUT2D eigenvalue weighted by molar-refractivity contribution is 5.83. The summed E-state index contributed by atoms with van der Waals surface area (Å²) in [6, 6.07) is 3.72. The zero-order chi connectivity index (χ0) is 16.7. The first-order chi connectivity index (χ1) is 10.1. The molecular weight excluding hydrogens is 276 g/mol. The molecule has 0 radical (unpaired) electrons. The number of amides is 1. The summed E-state index contributed by atoms with van der Waals surface area (Å²) >= 11 is 0. The van der Waals surface area contributed by atoms with E-state index in [0.29, 0.717) is 18.0 Å². The Labute approximate surface area is 132 Å². The molecule has 22 heavy (non-hydrogen) atoms. The monoisotopic (exact) mass is 304 g/mol. The number of carbonyl (C=O) groups excluding carboxylic acids is 1. The third-order valence-electron chi connectivity index (χ3n) is 6.31. The van der Waals surface area contributed by atoms with E-state index in [2.05, 4.69) is 33.0 Å². The molecule has 4 heteroatoms. The Morgan fingerprint density at radius 2 is 2.00 bits per heavy atom. The number of carbonyl (C=O) groups is 1. The predicted octanol–water partition coefficient (Wildman–Crippen LogP) is 2.77. The number of nitrogens with zero attached hydrogens (tertiary/aromatic N) is 1. The number of pyridine rings is 1. The Morgan fingerprint density at radius 3 is 2.55 bits per heavy atom. The van der Waals surface area contributed by atoms with Crippen LogP contribution in [0.3, 0.4) is 0 Å². The van der Waals surface area contributed by atoms with Crippen molar-refractivity contribution in [1.82, 2.24) is 9.88 Å². The lowest BCUT2D eigenvalue weighted by Crippen LogP contribution is -2.46. The molecule has 0 unspecified atom stereocenters. The summed E-state index contributed by atoms with van der Waals surface area (Å²) in [5.41, 5.74) is 1.11. The fraction of sp³-hybridized carbons (Fsp3) is 0.667. The van der Waals surface area contributed by atoms with Gasteiger partial charge in [0.1, 0.15) is 0 Å². The molecule has 0 aromatic carbocycles. The Kier molecular flexibility index (Phi) is 4.24. The highest BCUT2D eigenvalue weighted by Crippen LogP contribution is 2.55. The van der Waals surface area contributed by atoms with Gasteiger partial charge >= 0.3 is 0 Å². The minimum atomic E-state index is -0.373. The van der Waals surface area contributed by atoms with Crippen LogP contribution in [0.1, 0.15) is 51.8 Å². The Morgan fingerprint density at radius 1 is 1.36 bits per heavy atom. The normalized spacial score (nSPS) is 26.9. The quantitative estimate of drug-likeness (QED) is 0.933. The highest BCUT2D eigenvalue weighted by atomic mass is 16.2. The van der Waals surface area contributed by atoms with Crippen LogP contribution in [0.4, 0.5) is 0 Å². The maximum atomic E-state index is 12.7. The van der Waals surface area contributed by atoms with E-state index in [9.17, 15) is 9.59 Å². The maximum Gasteiger partial charge on any atom is 0.255 e. The minimum absolute atomic E-state index is 0.0324. The van der Waals surface area contributed by atoms with Gasteiger partial charge in [-0.15, -0.1) is 0 Å². The molecule has 1 aliphatic rings. The van der Waals surface area contributed by atoms with Crippen LogP contribution in [-0.4, -0.2) is 10.5 Å². The summed E-state index contributed by atoms with van der Waals surface area (Å²) in [6.07, 6.45) is 1.97. The molecule has 1 aromatic rings. The minimum Gasteiger partial charge on any atom is -0.351 e. The van der Waals surface area contributed by atoms with Crippen molar-refractivity contribution in [3.63, 3.8) is 0 Å². The lowest BCUT2D eigenvalue weighted by atomic mass is 9.65. The average molecular weight is 304 g/mol. The fourth-order valence-corrected chi connectivity index (χ4v) is 3.42. The summed E-state index contributed by atoms with van der Waals surface area (Å²) < 4.78 is 1.62. The van der Waals surface area contributed by atoms with Crippen LogP contribution in [0, 0.1) is 23.7 Å². The van der Waals surface area contributed by atoms with Crippen molar-refractivity contribution in [2.45, 2.75) is 54.0 Å². The SMILES string of the molecule is Cc1ccc(CNC(=O)[C@]2(C)CC[C@H](C)C2(C)C)c(=O)n1C. The molecule has 2 rings (SSSR count). The van der Waals surface area contributed by atoms with Gasteiger partial charge in [-0.05, 0) is 37.2 Å². The predicted molar refractivity (Wildman–Crippen MR) is 88.6 cm³/mol. The smallest absolute Gasteiger partial charge is 0.255 e. The summed E-state index contributed by atoms with van der Waals surface area (Å²) in [6.45, 7) is 10.8. The topological polar surface area (TPSA) is 51.1 Å². The standard InChI is InChI=1S/C18H28N2O2/c1-12-9-10-18(5,17(12,3)4)16(22)19-11-14-8-7-13(2)20(6)15(14)21/h7-8,12H,9-11H2,1-6H3,(H,19,22)/t12-,18-/m0/s1. The van der Waals surface area contributed by atoms with Crippen molar-refractivity contribution in [3.05, 3.63) is 33.7 Å². The van der Waals surface area contributed by atoms with Gasteiger partial charge in [-0.25, -0.2) is 0 Å². The van der Waals surface area contributed by atoms with Crippen molar-refractivity contribution in [1.29, 1.82) is 0 Å². The molecule has 1 aromatic heterocycles. The number of aromatic nitrogens is 1. The second-order valence-electron chi connectivity index (χ2n) is 7.54.